The van der Waals surface area contributed by atoms with Gasteiger partial charge in [0.15, 0.2) is 0 Å². The second-order valence-electron chi connectivity index (χ2n) is 9.12. The SMILES string of the molecule is O=C(O)C[C@@]1(C(=O)Nc2cc3c4c(c(-c5ccccc5)[nH]c4c2)C=NNC3=O)C[C@H]1c1ccccn1. The van der Waals surface area contributed by atoms with Gasteiger partial charge in [0.05, 0.1) is 29.3 Å². The zero-order chi connectivity index (χ0) is 24.9. The molecule has 1 saturated carbocycles. The molecule has 36 heavy (non-hydrogen) atoms. The number of hydrazone groups is 1. The largest absolute Gasteiger partial charge is 0.481 e. The quantitative estimate of drug-likeness (QED) is 0.333. The van der Waals surface area contributed by atoms with Gasteiger partial charge in [0.2, 0.25) is 5.91 Å². The van der Waals surface area contributed by atoms with Gasteiger partial charge in [-0.25, -0.2) is 5.43 Å². The van der Waals surface area contributed by atoms with Crippen molar-refractivity contribution in [2.24, 2.45) is 10.5 Å². The zero-order valence-electron chi connectivity index (χ0n) is 19.0. The second kappa shape index (κ2) is 8.16. The molecule has 178 valence electrons. The minimum atomic E-state index is -1.11. The number of carbonyl (C=O) groups is 3. The first-order valence-electron chi connectivity index (χ1n) is 11.5. The summed E-state index contributed by atoms with van der Waals surface area (Å²) in [4.78, 5) is 45.7. The van der Waals surface area contributed by atoms with Crippen molar-refractivity contribution in [3.05, 3.63) is 83.7 Å². The predicted octanol–water partition coefficient (Wildman–Crippen LogP) is 3.89. The summed E-state index contributed by atoms with van der Waals surface area (Å²) in [6.07, 6.45) is 3.31. The summed E-state index contributed by atoms with van der Waals surface area (Å²) >= 11 is 0. The number of H-pyrrole nitrogens is 1. The van der Waals surface area contributed by atoms with Crippen LogP contribution in [0.15, 0.2) is 72.0 Å². The highest BCUT2D eigenvalue weighted by Crippen LogP contribution is 2.61. The standard InChI is InChI=1S/C27H21N5O4/c33-22(34)13-27(12-19(27)20-8-4-5-9-28-20)26(36)30-16-10-17-23-18(14-29-32-25(17)35)24(31-21(23)11-16)15-6-2-1-3-7-15/h1-11,14,19,31H,12-13H2,(H,30,36)(H,32,35)(H,33,34)/t19-,27-/m0/s1. The maximum atomic E-state index is 13.5. The Kier molecular flexibility index (Phi) is 4.92. The molecule has 0 unspecified atom stereocenters. The van der Waals surface area contributed by atoms with Gasteiger partial charge in [-0.05, 0) is 36.2 Å². The van der Waals surface area contributed by atoms with E-state index in [0.717, 1.165) is 16.8 Å². The Bertz CT molecular complexity index is 1560. The molecule has 1 fully saturated rings. The lowest BCUT2D eigenvalue weighted by Crippen LogP contribution is -2.28. The summed E-state index contributed by atoms with van der Waals surface area (Å²) in [6, 6.07) is 18.4. The predicted molar refractivity (Wildman–Crippen MR) is 134 cm³/mol. The first-order valence-corrected chi connectivity index (χ1v) is 11.5. The van der Waals surface area contributed by atoms with Crippen molar-refractivity contribution in [1.82, 2.24) is 15.4 Å². The lowest BCUT2D eigenvalue weighted by atomic mass is 9.95. The third-order valence-corrected chi connectivity index (χ3v) is 6.90. The van der Waals surface area contributed by atoms with E-state index < -0.39 is 23.2 Å². The number of hydrogen-bond donors (Lipinski definition) is 4. The van der Waals surface area contributed by atoms with E-state index in [4.69, 9.17) is 0 Å². The Morgan fingerprint density at radius 2 is 1.92 bits per heavy atom. The van der Waals surface area contributed by atoms with E-state index in [1.54, 1.807) is 36.7 Å². The van der Waals surface area contributed by atoms with Crippen LogP contribution in [-0.4, -0.2) is 39.1 Å². The molecular weight excluding hydrogens is 458 g/mol. The highest BCUT2D eigenvalue weighted by atomic mass is 16.4. The van der Waals surface area contributed by atoms with Crippen molar-refractivity contribution in [2.75, 3.05) is 5.32 Å². The van der Waals surface area contributed by atoms with E-state index in [2.05, 4.69) is 25.8 Å². The highest BCUT2D eigenvalue weighted by molar-refractivity contribution is 6.18. The number of nitrogens with one attached hydrogen (secondary N) is 3. The molecule has 0 radical (unpaired) electrons. The number of benzene rings is 2. The smallest absolute Gasteiger partial charge is 0.304 e. The summed E-state index contributed by atoms with van der Waals surface area (Å²) in [6.45, 7) is 0. The number of aliphatic carboxylic acids is 1. The van der Waals surface area contributed by atoms with Crippen LogP contribution in [0.3, 0.4) is 0 Å². The second-order valence-corrected chi connectivity index (χ2v) is 9.12. The normalized spacial score (nSPS) is 20.0. The van der Waals surface area contributed by atoms with Crippen LogP contribution in [0.4, 0.5) is 5.69 Å². The molecular formula is C27H21N5O4. The Hall–Kier alpha value is -4.79. The fourth-order valence-electron chi connectivity index (χ4n) is 5.11. The van der Waals surface area contributed by atoms with Gasteiger partial charge in [-0.1, -0.05) is 36.4 Å². The molecule has 2 atom stereocenters. The summed E-state index contributed by atoms with van der Waals surface area (Å²) in [7, 11) is 0. The number of amides is 2. The van der Waals surface area contributed by atoms with Gasteiger partial charge in [-0.3, -0.25) is 19.4 Å². The van der Waals surface area contributed by atoms with E-state index in [0.29, 0.717) is 34.3 Å². The monoisotopic (exact) mass is 479 g/mol. The van der Waals surface area contributed by atoms with Gasteiger partial charge in [0, 0.05) is 40.0 Å². The van der Waals surface area contributed by atoms with E-state index in [9.17, 15) is 19.5 Å². The number of nitrogens with zero attached hydrogens (tertiary/aromatic N) is 2. The minimum Gasteiger partial charge on any atom is -0.481 e. The van der Waals surface area contributed by atoms with Gasteiger partial charge < -0.3 is 15.4 Å². The number of rotatable bonds is 6. The number of hydrogen-bond acceptors (Lipinski definition) is 5. The maximum absolute atomic E-state index is 13.5. The molecule has 2 aromatic heterocycles. The molecule has 4 aromatic rings. The number of pyridine rings is 1. The molecule has 1 aliphatic heterocycles. The van der Waals surface area contributed by atoms with Crippen LogP contribution in [-0.2, 0) is 9.59 Å². The molecule has 0 bridgehead atoms. The molecule has 0 saturated heterocycles. The van der Waals surface area contributed by atoms with Crippen molar-refractivity contribution in [3.8, 4) is 11.3 Å². The lowest BCUT2D eigenvalue weighted by molar-refractivity contribution is -0.141. The zero-order valence-corrected chi connectivity index (χ0v) is 19.0. The van der Waals surface area contributed by atoms with Crippen LogP contribution in [0, 0.1) is 5.41 Å². The topological polar surface area (TPSA) is 137 Å². The number of carbonyl (C=O) groups excluding carboxylic acids is 2. The van der Waals surface area contributed by atoms with Crippen molar-refractivity contribution in [2.45, 2.75) is 18.8 Å². The maximum Gasteiger partial charge on any atom is 0.304 e. The van der Waals surface area contributed by atoms with Crippen molar-refractivity contribution in [3.63, 3.8) is 0 Å². The number of aromatic amines is 1. The average molecular weight is 479 g/mol. The minimum absolute atomic E-state index is 0.293. The van der Waals surface area contributed by atoms with Crippen LogP contribution in [0.5, 0.6) is 0 Å². The summed E-state index contributed by atoms with van der Waals surface area (Å²) in [5.74, 6) is -2.16. The summed E-state index contributed by atoms with van der Waals surface area (Å²) in [5.41, 5.74) is 6.00. The van der Waals surface area contributed by atoms with E-state index >= 15 is 0 Å². The first kappa shape index (κ1) is 21.7. The van der Waals surface area contributed by atoms with Gasteiger partial charge in [-0.15, -0.1) is 0 Å². The van der Waals surface area contributed by atoms with Gasteiger partial charge >= 0.3 is 5.97 Å². The number of aromatic nitrogens is 2. The molecule has 4 N–H and O–H groups in total. The molecule has 2 amide bonds. The third kappa shape index (κ3) is 3.52. The molecule has 6 rings (SSSR count). The molecule has 9 nitrogen and oxygen atoms in total. The van der Waals surface area contributed by atoms with Crippen LogP contribution < -0.4 is 10.7 Å². The van der Waals surface area contributed by atoms with E-state index in [1.807, 2.05) is 36.4 Å². The molecule has 1 aliphatic carbocycles. The van der Waals surface area contributed by atoms with Gasteiger partial charge in [-0.2, -0.15) is 5.10 Å². The van der Waals surface area contributed by atoms with Gasteiger partial charge in [0.1, 0.15) is 0 Å². The Labute approximate surface area is 205 Å². The fourth-order valence-corrected chi connectivity index (χ4v) is 5.11. The number of carboxylic acids is 1. The lowest BCUT2D eigenvalue weighted by Gasteiger charge is -2.16. The number of carboxylic acid groups (broad SMARTS) is 1. The molecule has 0 spiro atoms. The van der Waals surface area contributed by atoms with Gasteiger partial charge in [0.25, 0.3) is 5.91 Å². The van der Waals surface area contributed by atoms with Crippen LogP contribution in [0.25, 0.3) is 22.2 Å². The Morgan fingerprint density at radius 1 is 1.11 bits per heavy atom. The Balaban J connectivity index is 1.40. The van der Waals surface area contributed by atoms with Crippen molar-refractivity contribution < 1.29 is 19.5 Å². The summed E-state index contributed by atoms with van der Waals surface area (Å²) in [5, 5.41) is 17.2. The van der Waals surface area contributed by atoms with Crippen LogP contribution >= 0.6 is 0 Å². The molecule has 2 aromatic carbocycles. The van der Waals surface area contributed by atoms with Crippen LogP contribution in [0.1, 0.15) is 40.4 Å². The molecule has 3 heterocycles. The third-order valence-electron chi connectivity index (χ3n) is 6.90. The Morgan fingerprint density at radius 3 is 2.67 bits per heavy atom. The van der Waals surface area contributed by atoms with E-state index in [-0.39, 0.29) is 12.3 Å². The molecule has 2 aliphatic rings. The first-order chi connectivity index (χ1) is 17.5. The van der Waals surface area contributed by atoms with E-state index in [1.165, 1.54) is 0 Å². The van der Waals surface area contributed by atoms with Crippen molar-refractivity contribution >= 4 is 40.6 Å². The highest BCUT2D eigenvalue weighted by Gasteiger charge is 2.62. The van der Waals surface area contributed by atoms with Crippen molar-refractivity contribution in [1.29, 1.82) is 0 Å². The van der Waals surface area contributed by atoms with Crippen LogP contribution in [0.2, 0.25) is 0 Å². The number of anilines is 1. The average Bonchev–Trinajstić information content (AvgIpc) is 3.53. The fraction of sp³-hybridized carbons (Fsp3) is 0.148. The molecule has 9 heteroatoms. The summed E-state index contributed by atoms with van der Waals surface area (Å²) < 4.78 is 0.